The lowest BCUT2D eigenvalue weighted by molar-refractivity contribution is 0.848. The topological polar surface area (TPSA) is 0 Å². The average Bonchev–Trinajstić information content (AvgIpc) is 2.43. The van der Waals surface area contributed by atoms with Gasteiger partial charge < -0.3 is 0 Å². The summed E-state index contributed by atoms with van der Waals surface area (Å²) >= 11 is 0. The molecule has 0 bridgehead atoms. The van der Waals surface area contributed by atoms with Gasteiger partial charge in [-0.3, -0.25) is 0 Å². The van der Waals surface area contributed by atoms with Gasteiger partial charge in [0, 0.05) is 0 Å². The fraction of sp³-hybridized carbons (Fsp3) is 0.571. The van der Waals surface area contributed by atoms with E-state index in [1.54, 1.807) is 21.9 Å². The first-order valence-electron chi connectivity index (χ1n) is 6.06. The maximum atomic E-state index is 2.52. The van der Waals surface area contributed by atoms with Gasteiger partial charge >= 0.3 is 0 Å². The smallest absolute Gasteiger partial charge is 0.0654 e. The number of rotatable bonds is 1. The van der Waals surface area contributed by atoms with Crippen LogP contribution in [0.1, 0.15) is 36.5 Å². The van der Waals surface area contributed by atoms with E-state index in [2.05, 4.69) is 46.0 Å². The van der Waals surface area contributed by atoms with Crippen molar-refractivity contribution in [1.29, 1.82) is 0 Å². The predicted octanol–water partition coefficient (Wildman–Crippen LogP) is 3.59. The van der Waals surface area contributed by atoms with Gasteiger partial charge in [-0.2, -0.15) is 0 Å². The maximum absolute atomic E-state index is 2.52. The fourth-order valence-corrected chi connectivity index (χ4v) is 6.46. The molecule has 1 heteroatoms. The lowest BCUT2D eigenvalue weighted by atomic mass is 9.94. The van der Waals surface area contributed by atoms with Gasteiger partial charge in [0.05, 0.1) is 8.07 Å². The van der Waals surface area contributed by atoms with Gasteiger partial charge in [-0.25, -0.2) is 0 Å². The van der Waals surface area contributed by atoms with Gasteiger partial charge in [0.1, 0.15) is 0 Å². The predicted molar refractivity (Wildman–Crippen MR) is 70.9 cm³/mol. The van der Waals surface area contributed by atoms with E-state index in [4.69, 9.17) is 0 Å². The Hall–Kier alpha value is -0.563. The van der Waals surface area contributed by atoms with Crippen LogP contribution >= 0.6 is 0 Å². The number of hydrogen-bond donors (Lipinski definition) is 0. The highest BCUT2D eigenvalue weighted by Gasteiger charge is 2.34. The minimum atomic E-state index is -1.08. The van der Waals surface area contributed by atoms with Crippen LogP contribution in [0.25, 0.3) is 0 Å². The molecule has 0 atom stereocenters. The van der Waals surface area contributed by atoms with E-state index in [0.29, 0.717) is 5.92 Å². The highest BCUT2D eigenvalue weighted by Crippen LogP contribution is 2.30. The number of benzene rings is 1. The zero-order valence-electron chi connectivity index (χ0n) is 10.6. The summed E-state index contributed by atoms with van der Waals surface area (Å²) < 4.78 is 0. The second-order valence-electron chi connectivity index (χ2n) is 5.86. The molecule has 15 heavy (non-hydrogen) atoms. The second kappa shape index (κ2) is 3.48. The molecule has 0 fully saturated rings. The molecule has 0 saturated heterocycles. The third-order valence-electron chi connectivity index (χ3n) is 3.86. The third-order valence-corrected chi connectivity index (χ3v) is 7.41. The third kappa shape index (κ3) is 1.67. The molecule has 1 heterocycles. The van der Waals surface area contributed by atoms with Crippen LogP contribution in [0.3, 0.4) is 0 Å². The molecule has 0 amide bonds. The number of hydrogen-bond acceptors (Lipinski definition) is 0. The molecule has 0 aliphatic carbocycles. The van der Waals surface area contributed by atoms with E-state index in [0.717, 1.165) is 0 Å². The minimum absolute atomic E-state index is 0.683. The number of aryl methyl sites for hydroxylation is 1. The molecule has 0 nitrogen and oxygen atoms in total. The first kappa shape index (κ1) is 10.9. The number of fused-ring (bicyclic) bond motifs is 1. The quantitative estimate of drug-likeness (QED) is 0.632. The van der Waals surface area contributed by atoms with Crippen molar-refractivity contribution in [1.82, 2.24) is 0 Å². The summed E-state index contributed by atoms with van der Waals surface area (Å²) in [5.74, 6) is 0.683. The van der Waals surface area contributed by atoms with Gasteiger partial charge in [-0.05, 0) is 36.4 Å². The molecule has 1 aromatic rings. The molecule has 0 radical (unpaired) electrons. The SMILES string of the molecule is Cc1ccc(C(C)C)c2c1[Si](C)(C)CC2. The normalized spacial score (nSPS) is 18.3. The summed E-state index contributed by atoms with van der Waals surface area (Å²) in [5.41, 5.74) is 4.86. The van der Waals surface area contributed by atoms with Gasteiger partial charge in [0.15, 0.2) is 0 Å². The molecule has 1 aromatic carbocycles. The Morgan fingerprint density at radius 2 is 1.87 bits per heavy atom. The summed E-state index contributed by atoms with van der Waals surface area (Å²) in [6.45, 7) is 12.0. The second-order valence-corrected chi connectivity index (χ2v) is 10.6. The standard InChI is InChI=1S/C14H22Si/c1-10(2)12-7-6-11(3)14-13(12)8-9-15(14,4)5/h6-7,10H,8-9H2,1-5H3. The molecule has 82 valence electrons. The summed E-state index contributed by atoms with van der Waals surface area (Å²) in [7, 11) is -1.08. The molecule has 2 rings (SSSR count). The van der Waals surface area contributed by atoms with Crippen LogP contribution in [-0.2, 0) is 6.42 Å². The van der Waals surface area contributed by atoms with Crippen LogP contribution in [0.5, 0.6) is 0 Å². The Morgan fingerprint density at radius 3 is 2.47 bits per heavy atom. The van der Waals surface area contributed by atoms with Gasteiger partial charge in [0.25, 0.3) is 0 Å². The lowest BCUT2D eigenvalue weighted by Gasteiger charge is -2.21. The molecule has 0 unspecified atom stereocenters. The van der Waals surface area contributed by atoms with Crippen LogP contribution in [0.4, 0.5) is 0 Å². The fourth-order valence-electron chi connectivity index (χ4n) is 3.10. The van der Waals surface area contributed by atoms with E-state index in [1.807, 2.05) is 0 Å². The summed E-state index contributed by atoms with van der Waals surface area (Å²) in [6, 6.07) is 6.15. The first-order chi connectivity index (χ1) is 6.93. The van der Waals surface area contributed by atoms with Crippen molar-refractivity contribution in [3.8, 4) is 0 Å². The van der Waals surface area contributed by atoms with Crippen LogP contribution in [0.15, 0.2) is 12.1 Å². The van der Waals surface area contributed by atoms with Crippen molar-refractivity contribution in [2.75, 3.05) is 0 Å². The van der Waals surface area contributed by atoms with E-state index >= 15 is 0 Å². The van der Waals surface area contributed by atoms with Crippen molar-refractivity contribution in [2.45, 2.75) is 52.2 Å². The molecule has 0 aromatic heterocycles. The Morgan fingerprint density at radius 1 is 1.20 bits per heavy atom. The van der Waals surface area contributed by atoms with E-state index < -0.39 is 8.07 Å². The Bertz CT molecular complexity index is 389. The Balaban J connectivity index is 2.65. The van der Waals surface area contributed by atoms with Gasteiger partial charge in [0.2, 0.25) is 0 Å². The molecule has 1 aliphatic rings. The Kier molecular flexibility index (Phi) is 2.54. The largest absolute Gasteiger partial charge is 0.0816 e. The molecule has 0 spiro atoms. The molecule has 0 N–H and O–H groups in total. The highest BCUT2D eigenvalue weighted by atomic mass is 28.3. The van der Waals surface area contributed by atoms with Crippen LogP contribution in [0, 0.1) is 6.92 Å². The minimum Gasteiger partial charge on any atom is -0.0654 e. The van der Waals surface area contributed by atoms with Crippen molar-refractivity contribution in [3.63, 3.8) is 0 Å². The highest BCUT2D eigenvalue weighted by molar-refractivity contribution is 6.91. The zero-order valence-corrected chi connectivity index (χ0v) is 11.6. The van der Waals surface area contributed by atoms with E-state index in [9.17, 15) is 0 Å². The molecular weight excluding hydrogens is 196 g/mol. The van der Waals surface area contributed by atoms with Gasteiger partial charge in [-0.1, -0.05) is 49.8 Å². The van der Waals surface area contributed by atoms with Crippen molar-refractivity contribution >= 4 is 13.3 Å². The summed E-state index contributed by atoms with van der Waals surface area (Å²) in [4.78, 5) is 0. The first-order valence-corrected chi connectivity index (χ1v) is 9.27. The summed E-state index contributed by atoms with van der Waals surface area (Å²) in [6.07, 6.45) is 1.34. The monoisotopic (exact) mass is 218 g/mol. The maximum Gasteiger partial charge on any atom is 0.0816 e. The van der Waals surface area contributed by atoms with Crippen molar-refractivity contribution in [2.24, 2.45) is 0 Å². The van der Waals surface area contributed by atoms with Crippen LogP contribution in [-0.4, -0.2) is 8.07 Å². The van der Waals surface area contributed by atoms with E-state index in [-0.39, 0.29) is 0 Å². The molecular formula is C14H22Si. The van der Waals surface area contributed by atoms with Gasteiger partial charge in [-0.15, -0.1) is 0 Å². The average molecular weight is 218 g/mol. The van der Waals surface area contributed by atoms with Crippen LogP contribution in [0.2, 0.25) is 19.1 Å². The van der Waals surface area contributed by atoms with Crippen LogP contribution < -0.4 is 5.19 Å². The summed E-state index contributed by atoms with van der Waals surface area (Å²) in [5, 5.41) is 1.77. The van der Waals surface area contributed by atoms with Crippen molar-refractivity contribution < 1.29 is 0 Å². The molecule has 0 saturated carbocycles. The zero-order chi connectivity index (χ0) is 11.2. The van der Waals surface area contributed by atoms with Crippen molar-refractivity contribution in [3.05, 3.63) is 28.8 Å². The lowest BCUT2D eigenvalue weighted by Crippen LogP contribution is -2.39. The van der Waals surface area contributed by atoms with E-state index in [1.165, 1.54) is 12.5 Å². The molecule has 1 aliphatic heterocycles. The Labute approximate surface area is 94.7 Å².